The standard InChI is InChI=1S/C18H21OP/c1-18(2,3)14-15-20(19,16-10-6-4-7-11-16)17-12-8-5-9-13-17/h4-15H,1-3H3. The molecule has 0 atom stereocenters. The molecule has 0 radical (unpaired) electrons. The molecule has 20 heavy (non-hydrogen) atoms. The van der Waals surface area contributed by atoms with Crippen molar-refractivity contribution in [3.8, 4) is 0 Å². The molecule has 0 saturated carbocycles. The average molecular weight is 284 g/mol. The lowest BCUT2D eigenvalue weighted by Crippen LogP contribution is -2.14. The Balaban J connectivity index is 2.56. The van der Waals surface area contributed by atoms with Crippen LogP contribution >= 0.6 is 7.14 Å². The van der Waals surface area contributed by atoms with Gasteiger partial charge in [-0.3, -0.25) is 0 Å². The van der Waals surface area contributed by atoms with Crippen LogP contribution in [-0.4, -0.2) is 0 Å². The van der Waals surface area contributed by atoms with Gasteiger partial charge in [0.25, 0.3) is 0 Å². The molecule has 104 valence electrons. The predicted octanol–water partition coefficient (Wildman–Crippen LogP) is 4.56. The summed E-state index contributed by atoms with van der Waals surface area (Å²) >= 11 is 0. The molecule has 0 bridgehead atoms. The number of benzene rings is 2. The van der Waals surface area contributed by atoms with E-state index in [1.54, 1.807) is 0 Å². The summed E-state index contributed by atoms with van der Waals surface area (Å²) in [5, 5.41) is 1.76. The van der Waals surface area contributed by atoms with Gasteiger partial charge in [-0.05, 0) is 11.2 Å². The number of rotatable bonds is 3. The second kappa shape index (κ2) is 5.81. The number of hydrogen-bond acceptors (Lipinski definition) is 1. The Morgan fingerprint density at radius 3 is 1.55 bits per heavy atom. The molecule has 0 amide bonds. The Hall–Kier alpha value is -1.59. The van der Waals surface area contributed by atoms with E-state index >= 15 is 0 Å². The fourth-order valence-electron chi connectivity index (χ4n) is 1.95. The molecule has 0 N–H and O–H groups in total. The molecule has 0 spiro atoms. The summed E-state index contributed by atoms with van der Waals surface area (Å²) in [4.78, 5) is 0. The van der Waals surface area contributed by atoms with Crippen molar-refractivity contribution in [2.45, 2.75) is 20.8 Å². The third kappa shape index (κ3) is 3.49. The van der Waals surface area contributed by atoms with E-state index < -0.39 is 7.14 Å². The van der Waals surface area contributed by atoms with Crippen LogP contribution in [-0.2, 0) is 4.57 Å². The zero-order valence-corrected chi connectivity index (χ0v) is 13.2. The summed E-state index contributed by atoms with van der Waals surface area (Å²) in [6, 6.07) is 19.4. The highest BCUT2D eigenvalue weighted by molar-refractivity contribution is 7.81. The maximum atomic E-state index is 13.6. The molecule has 2 heteroatoms. The van der Waals surface area contributed by atoms with Crippen LogP contribution in [0.25, 0.3) is 0 Å². The molecule has 0 heterocycles. The van der Waals surface area contributed by atoms with Crippen LogP contribution in [0, 0.1) is 5.41 Å². The molecule has 0 aliphatic heterocycles. The quantitative estimate of drug-likeness (QED) is 0.755. The highest BCUT2D eigenvalue weighted by atomic mass is 31.2. The summed E-state index contributed by atoms with van der Waals surface area (Å²) in [5.74, 6) is 1.90. The molecule has 2 aromatic rings. The summed E-state index contributed by atoms with van der Waals surface area (Å²) in [6.45, 7) is 6.34. The fourth-order valence-corrected chi connectivity index (χ4v) is 4.48. The highest BCUT2D eigenvalue weighted by Crippen LogP contribution is 2.45. The first kappa shape index (κ1) is 14.8. The monoisotopic (exact) mass is 284 g/mol. The largest absolute Gasteiger partial charge is 0.309 e. The van der Waals surface area contributed by atoms with Crippen LogP contribution in [0.15, 0.2) is 72.6 Å². The summed E-state index contributed by atoms with van der Waals surface area (Å²) in [6.07, 6.45) is 2.05. The van der Waals surface area contributed by atoms with Crippen LogP contribution < -0.4 is 10.6 Å². The van der Waals surface area contributed by atoms with Gasteiger partial charge in [0.1, 0.15) is 0 Å². The Kier molecular flexibility index (Phi) is 4.30. The SMILES string of the molecule is CC(C)(C)C=CP(=O)(c1ccccc1)c1ccccc1. The second-order valence-corrected chi connectivity index (χ2v) is 8.66. The first-order valence-electron chi connectivity index (χ1n) is 6.83. The van der Waals surface area contributed by atoms with Gasteiger partial charge in [0.2, 0.25) is 0 Å². The van der Waals surface area contributed by atoms with Crippen molar-refractivity contribution in [3.63, 3.8) is 0 Å². The van der Waals surface area contributed by atoms with Crippen molar-refractivity contribution >= 4 is 17.8 Å². The van der Waals surface area contributed by atoms with E-state index in [-0.39, 0.29) is 5.41 Å². The lowest BCUT2D eigenvalue weighted by atomic mass is 9.98. The molecule has 0 unspecified atom stereocenters. The normalized spacial score (nSPS) is 12.8. The van der Waals surface area contributed by atoms with E-state index in [1.165, 1.54) is 0 Å². The van der Waals surface area contributed by atoms with E-state index in [0.717, 1.165) is 10.6 Å². The van der Waals surface area contributed by atoms with Gasteiger partial charge >= 0.3 is 0 Å². The molecule has 2 rings (SSSR count). The first-order valence-corrected chi connectivity index (χ1v) is 8.61. The lowest BCUT2D eigenvalue weighted by Gasteiger charge is -2.18. The van der Waals surface area contributed by atoms with Gasteiger partial charge in [0.05, 0.1) is 0 Å². The molecule has 0 fully saturated rings. The fraction of sp³-hybridized carbons (Fsp3) is 0.222. The Bertz CT molecular complexity index is 578. The third-order valence-electron chi connectivity index (χ3n) is 3.06. The van der Waals surface area contributed by atoms with E-state index in [0.29, 0.717) is 0 Å². The summed E-state index contributed by atoms with van der Waals surface area (Å²) < 4.78 is 13.6. The smallest absolute Gasteiger partial charge is 0.163 e. The molecule has 2 aromatic carbocycles. The van der Waals surface area contributed by atoms with Crippen LogP contribution in [0.3, 0.4) is 0 Å². The number of hydrogen-bond donors (Lipinski definition) is 0. The van der Waals surface area contributed by atoms with Gasteiger partial charge in [-0.25, -0.2) is 0 Å². The van der Waals surface area contributed by atoms with Crippen LogP contribution in [0.5, 0.6) is 0 Å². The zero-order valence-electron chi connectivity index (χ0n) is 12.3. The molecule has 0 aromatic heterocycles. The molecular weight excluding hydrogens is 263 g/mol. The van der Waals surface area contributed by atoms with E-state index in [2.05, 4.69) is 20.8 Å². The Morgan fingerprint density at radius 1 is 0.800 bits per heavy atom. The molecule has 0 aliphatic carbocycles. The van der Waals surface area contributed by atoms with Crippen molar-refractivity contribution in [1.82, 2.24) is 0 Å². The van der Waals surface area contributed by atoms with Crippen molar-refractivity contribution in [2.75, 3.05) is 0 Å². The maximum absolute atomic E-state index is 13.6. The Labute approximate surface area is 121 Å². The predicted molar refractivity (Wildman–Crippen MR) is 88.4 cm³/mol. The van der Waals surface area contributed by atoms with Crippen molar-refractivity contribution in [2.24, 2.45) is 5.41 Å². The van der Waals surface area contributed by atoms with Gasteiger partial charge < -0.3 is 4.57 Å². The van der Waals surface area contributed by atoms with Crippen molar-refractivity contribution < 1.29 is 4.57 Å². The molecular formula is C18H21OP. The van der Waals surface area contributed by atoms with E-state index in [1.807, 2.05) is 72.6 Å². The van der Waals surface area contributed by atoms with Crippen molar-refractivity contribution in [3.05, 3.63) is 72.6 Å². The minimum atomic E-state index is -2.70. The first-order chi connectivity index (χ1) is 9.42. The zero-order chi connectivity index (χ0) is 14.6. The van der Waals surface area contributed by atoms with Crippen LogP contribution in [0.1, 0.15) is 20.8 Å². The van der Waals surface area contributed by atoms with Gasteiger partial charge in [-0.1, -0.05) is 87.5 Å². The molecule has 0 saturated heterocycles. The van der Waals surface area contributed by atoms with Crippen LogP contribution in [0.2, 0.25) is 0 Å². The Morgan fingerprint density at radius 2 is 1.20 bits per heavy atom. The minimum Gasteiger partial charge on any atom is -0.309 e. The third-order valence-corrected chi connectivity index (χ3v) is 5.76. The van der Waals surface area contributed by atoms with Gasteiger partial charge in [-0.2, -0.15) is 0 Å². The van der Waals surface area contributed by atoms with E-state index in [9.17, 15) is 4.57 Å². The topological polar surface area (TPSA) is 17.1 Å². The van der Waals surface area contributed by atoms with Crippen LogP contribution in [0.4, 0.5) is 0 Å². The lowest BCUT2D eigenvalue weighted by molar-refractivity contribution is 0.543. The molecule has 1 nitrogen and oxygen atoms in total. The summed E-state index contributed by atoms with van der Waals surface area (Å²) in [7, 11) is -2.70. The second-order valence-electron chi connectivity index (χ2n) is 6.01. The average Bonchev–Trinajstić information content (AvgIpc) is 2.46. The molecule has 0 aliphatic rings. The van der Waals surface area contributed by atoms with Crippen molar-refractivity contribution in [1.29, 1.82) is 0 Å². The minimum absolute atomic E-state index is 0.0131. The van der Waals surface area contributed by atoms with Gasteiger partial charge in [0.15, 0.2) is 7.14 Å². The van der Waals surface area contributed by atoms with Gasteiger partial charge in [0, 0.05) is 10.6 Å². The van der Waals surface area contributed by atoms with Gasteiger partial charge in [-0.15, -0.1) is 0 Å². The highest BCUT2D eigenvalue weighted by Gasteiger charge is 2.24. The summed E-state index contributed by atoms with van der Waals surface area (Å²) in [5.41, 5.74) is 0.0131. The maximum Gasteiger partial charge on any atom is 0.163 e. The number of allylic oxidation sites excluding steroid dienone is 1. The van der Waals surface area contributed by atoms with E-state index in [4.69, 9.17) is 0 Å².